The van der Waals surface area contributed by atoms with E-state index < -0.39 is 5.97 Å². The summed E-state index contributed by atoms with van der Waals surface area (Å²) in [5.74, 6) is 0.522. The van der Waals surface area contributed by atoms with Crippen LogP contribution in [-0.2, 0) is 9.47 Å². The van der Waals surface area contributed by atoms with Crippen LogP contribution in [0.5, 0.6) is 5.75 Å². The Hall–Kier alpha value is -1.75. The summed E-state index contributed by atoms with van der Waals surface area (Å²) in [5, 5.41) is 0. The Bertz CT molecular complexity index is 418. The lowest BCUT2D eigenvalue weighted by Crippen LogP contribution is -2.13. The second-order valence-electron chi connectivity index (χ2n) is 4.56. The molecule has 0 spiro atoms. The van der Waals surface area contributed by atoms with Gasteiger partial charge in [0, 0.05) is 6.61 Å². The third-order valence-corrected chi connectivity index (χ3v) is 2.38. The second-order valence-corrected chi connectivity index (χ2v) is 4.56. The van der Waals surface area contributed by atoms with Gasteiger partial charge in [-0.3, -0.25) is 0 Å². The first-order valence-electron chi connectivity index (χ1n) is 6.23. The molecule has 1 aromatic rings. The third-order valence-electron chi connectivity index (χ3n) is 2.38. The van der Waals surface area contributed by atoms with Crippen molar-refractivity contribution in [1.29, 1.82) is 0 Å². The molecule has 5 nitrogen and oxygen atoms in total. The second kappa shape index (κ2) is 7.63. The highest BCUT2D eigenvalue weighted by molar-refractivity contribution is 5.90. The largest absolute Gasteiger partial charge is 0.495 e. The molecule has 0 aliphatic carbocycles. The van der Waals surface area contributed by atoms with Crippen molar-refractivity contribution in [3.05, 3.63) is 23.8 Å². The molecule has 1 aromatic carbocycles. The van der Waals surface area contributed by atoms with Gasteiger partial charge < -0.3 is 19.9 Å². The minimum absolute atomic E-state index is 0.234. The van der Waals surface area contributed by atoms with E-state index in [1.54, 1.807) is 18.2 Å². The van der Waals surface area contributed by atoms with Crippen molar-refractivity contribution in [2.24, 2.45) is 5.92 Å². The molecule has 0 aliphatic rings. The van der Waals surface area contributed by atoms with Gasteiger partial charge in [-0.15, -0.1) is 0 Å². The van der Waals surface area contributed by atoms with Crippen LogP contribution in [0.15, 0.2) is 18.2 Å². The van der Waals surface area contributed by atoms with Gasteiger partial charge in [0.25, 0.3) is 0 Å². The summed E-state index contributed by atoms with van der Waals surface area (Å²) in [6.07, 6.45) is 0. The fourth-order valence-electron chi connectivity index (χ4n) is 1.43. The molecule has 0 amide bonds. The fourth-order valence-corrected chi connectivity index (χ4v) is 1.43. The highest BCUT2D eigenvalue weighted by Crippen LogP contribution is 2.22. The van der Waals surface area contributed by atoms with Crippen LogP contribution in [-0.4, -0.2) is 32.9 Å². The summed E-state index contributed by atoms with van der Waals surface area (Å²) in [6.45, 7) is 5.42. The lowest BCUT2D eigenvalue weighted by atomic mass is 10.2. The minimum atomic E-state index is -0.411. The first-order chi connectivity index (χ1) is 9.04. The highest BCUT2D eigenvalue weighted by Gasteiger charge is 2.10. The zero-order chi connectivity index (χ0) is 14.3. The van der Waals surface area contributed by atoms with E-state index in [4.69, 9.17) is 19.9 Å². The summed E-state index contributed by atoms with van der Waals surface area (Å²) in [4.78, 5) is 11.7. The number of nitrogens with two attached hydrogens (primary N) is 1. The van der Waals surface area contributed by atoms with Crippen LogP contribution in [0.2, 0.25) is 0 Å². The number of ether oxygens (including phenoxy) is 3. The summed E-state index contributed by atoms with van der Waals surface area (Å²) < 4.78 is 15.5. The SMILES string of the molecule is COc1cc(C(=O)OCCOCC(C)C)ccc1N. The smallest absolute Gasteiger partial charge is 0.338 e. The number of esters is 1. The molecule has 0 heterocycles. The molecule has 5 heteroatoms. The predicted octanol–water partition coefficient (Wildman–Crippen LogP) is 2.11. The molecule has 0 aliphatic heterocycles. The average Bonchev–Trinajstić information content (AvgIpc) is 2.38. The molecule has 106 valence electrons. The maximum Gasteiger partial charge on any atom is 0.338 e. The molecule has 0 unspecified atom stereocenters. The van der Waals surface area contributed by atoms with Gasteiger partial charge in [0.1, 0.15) is 12.4 Å². The van der Waals surface area contributed by atoms with Gasteiger partial charge >= 0.3 is 5.97 Å². The van der Waals surface area contributed by atoms with Crippen molar-refractivity contribution in [2.75, 3.05) is 32.7 Å². The molecule has 2 N–H and O–H groups in total. The zero-order valence-corrected chi connectivity index (χ0v) is 11.6. The third kappa shape index (κ3) is 5.18. The summed E-state index contributed by atoms with van der Waals surface area (Å²) >= 11 is 0. The van der Waals surface area contributed by atoms with E-state index in [-0.39, 0.29) is 6.61 Å². The molecular formula is C14H21NO4. The molecule has 0 radical (unpaired) electrons. The Balaban J connectivity index is 2.41. The van der Waals surface area contributed by atoms with Gasteiger partial charge in [0.15, 0.2) is 0 Å². The lowest BCUT2D eigenvalue weighted by Gasteiger charge is -2.09. The van der Waals surface area contributed by atoms with E-state index in [1.807, 2.05) is 0 Å². The standard InChI is InChI=1S/C14H21NO4/c1-10(2)9-18-6-7-19-14(16)11-4-5-12(15)13(8-11)17-3/h4-5,8,10H,6-7,9,15H2,1-3H3. The molecular weight excluding hydrogens is 246 g/mol. The number of hydrogen-bond acceptors (Lipinski definition) is 5. The Morgan fingerprint density at radius 2 is 2.05 bits per heavy atom. The molecule has 0 fully saturated rings. The molecule has 0 saturated heterocycles. The number of methoxy groups -OCH3 is 1. The number of hydrogen-bond donors (Lipinski definition) is 1. The van der Waals surface area contributed by atoms with E-state index in [1.165, 1.54) is 7.11 Å². The van der Waals surface area contributed by atoms with Gasteiger partial charge in [0.2, 0.25) is 0 Å². The number of rotatable bonds is 7. The average molecular weight is 267 g/mol. The first-order valence-corrected chi connectivity index (χ1v) is 6.23. The van der Waals surface area contributed by atoms with Gasteiger partial charge in [-0.05, 0) is 24.1 Å². The highest BCUT2D eigenvalue weighted by atomic mass is 16.6. The minimum Gasteiger partial charge on any atom is -0.495 e. The van der Waals surface area contributed by atoms with Crippen LogP contribution in [0.1, 0.15) is 24.2 Å². The van der Waals surface area contributed by atoms with Crippen molar-refractivity contribution in [3.8, 4) is 5.75 Å². The van der Waals surface area contributed by atoms with Crippen LogP contribution in [0.4, 0.5) is 5.69 Å². The molecule has 1 rings (SSSR count). The van der Waals surface area contributed by atoms with E-state index in [2.05, 4.69) is 13.8 Å². The van der Waals surface area contributed by atoms with E-state index in [9.17, 15) is 4.79 Å². The topological polar surface area (TPSA) is 70.8 Å². The predicted molar refractivity (Wildman–Crippen MR) is 73.3 cm³/mol. The summed E-state index contributed by atoms with van der Waals surface area (Å²) in [6, 6.07) is 4.78. The Morgan fingerprint density at radius 3 is 2.68 bits per heavy atom. The van der Waals surface area contributed by atoms with Crippen molar-refractivity contribution >= 4 is 11.7 Å². The van der Waals surface area contributed by atoms with Crippen LogP contribution in [0.25, 0.3) is 0 Å². The first kappa shape index (κ1) is 15.3. The van der Waals surface area contributed by atoms with Crippen molar-refractivity contribution in [2.45, 2.75) is 13.8 Å². The van der Waals surface area contributed by atoms with Gasteiger partial charge in [0.05, 0.1) is 25.0 Å². The normalized spacial score (nSPS) is 10.5. The Labute approximate surface area is 113 Å². The van der Waals surface area contributed by atoms with Crippen LogP contribution >= 0.6 is 0 Å². The lowest BCUT2D eigenvalue weighted by molar-refractivity contribution is 0.0277. The van der Waals surface area contributed by atoms with Crippen LogP contribution in [0.3, 0.4) is 0 Å². The Morgan fingerprint density at radius 1 is 1.32 bits per heavy atom. The number of carbonyl (C=O) groups excluding carboxylic acids is 1. The van der Waals surface area contributed by atoms with E-state index in [0.29, 0.717) is 36.1 Å². The fraction of sp³-hybridized carbons (Fsp3) is 0.500. The summed E-state index contributed by atoms with van der Waals surface area (Å²) in [7, 11) is 1.50. The molecule has 19 heavy (non-hydrogen) atoms. The molecule has 0 bridgehead atoms. The van der Waals surface area contributed by atoms with Gasteiger partial charge in [-0.2, -0.15) is 0 Å². The monoisotopic (exact) mass is 267 g/mol. The maximum atomic E-state index is 11.7. The van der Waals surface area contributed by atoms with E-state index >= 15 is 0 Å². The number of anilines is 1. The maximum absolute atomic E-state index is 11.7. The zero-order valence-electron chi connectivity index (χ0n) is 11.6. The number of benzene rings is 1. The summed E-state index contributed by atoms with van der Waals surface area (Å²) in [5.41, 5.74) is 6.57. The van der Waals surface area contributed by atoms with Crippen LogP contribution < -0.4 is 10.5 Å². The van der Waals surface area contributed by atoms with Gasteiger partial charge in [-0.1, -0.05) is 13.8 Å². The number of nitrogen functional groups attached to an aromatic ring is 1. The molecule has 0 aromatic heterocycles. The Kier molecular flexibility index (Phi) is 6.15. The van der Waals surface area contributed by atoms with E-state index in [0.717, 1.165) is 0 Å². The van der Waals surface area contributed by atoms with Crippen molar-refractivity contribution < 1.29 is 19.0 Å². The molecule has 0 atom stereocenters. The molecule has 0 saturated carbocycles. The number of carbonyl (C=O) groups is 1. The van der Waals surface area contributed by atoms with Crippen molar-refractivity contribution in [1.82, 2.24) is 0 Å². The van der Waals surface area contributed by atoms with Crippen LogP contribution in [0, 0.1) is 5.92 Å². The van der Waals surface area contributed by atoms with Gasteiger partial charge in [-0.25, -0.2) is 4.79 Å². The quantitative estimate of drug-likeness (QED) is 0.465. The van der Waals surface area contributed by atoms with Crippen molar-refractivity contribution in [3.63, 3.8) is 0 Å².